The zero-order valence-electron chi connectivity index (χ0n) is 13.4. The van der Waals surface area contributed by atoms with E-state index in [-0.39, 0.29) is 23.4 Å². The van der Waals surface area contributed by atoms with Gasteiger partial charge in [0.25, 0.3) is 0 Å². The van der Waals surface area contributed by atoms with Crippen LogP contribution in [-0.4, -0.2) is 58.9 Å². The number of carbonyl (C=O) groups is 1. The van der Waals surface area contributed by atoms with Gasteiger partial charge in [0.1, 0.15) is 24.5 Å². The number of terminal acetylenes is 1. The lowest BCUT2D eigenvalue weighted by Gasteiger charge is -2.26. The van der Waals surface area contributed by atoms with Crippen molar-refractivity contribution in [2.24, 2.45) is 0 Å². The van der Waals surface area contributed by atoms with E-state index in [1.54, 1.807) is 0 Å². The van der Waals surface area contributed by atoms with E-state index in [0.29, 0.717) is 0 Å². The van der Waals surface area contributed by atoms with Gasteiger partial charge in [-0.2, -0.15) is 0 Å². The molecule has 0 aliphatic carbocycles. The number of nitrogen functional groups attached to an aromatic ring is 1. The molecule has 1 aliphatic heterocycles. The quantitative estimate of drug-likeness (QED) is 0.386. The van der Waals surface area contributed by atoms with Gasteiger partial charge >= 0.3 is 13.9 Å². The SMILES string of the molecule is C#C[C@]1(COP(=O)(O)F)O[C@@H](n2cnc3c(N)nc(C(=O)O)nc32)C[C@@H]1O. The number of hydrogen-bond acceptors (Lipinski definition) is 9. The number of anilines is 1. The van der Waals surface area contributed by atoms with Gasteiger partial charge in [-0.05, 0) is 0 Å². The summed E-state index contributed by atoms with van der Waals surface area (Å²) in [5, 5.41) is 19.3. The summed E-state index contributed by atoms with van der Waals surface area (Å²) in [6.07, 6.45) is 4.01. The van der Waals surface area contributed by atoms with Crippen LogP contribution in [-0.2, 0) is 13.8 Å². The molecule has 12 nitrogen and oxygen atoms in total. The fraction of sp³-hybridized carbons (Fsp3) is 0.385. The number of carboxylic acid groups (broad SMARTS) is 1. The Kier molecular flexibility index (Phi) is 4.62. The lowest BCUT2D eigenvalue weighted by atomic mass is 9.99. The van der Waals surface area contributed by atoms with Crippen molar-refractivity contribution >= 4 is 30.9 Å². The van der Waals surface area contributed by atoms with Gasteiger partial charge < -0.3 is 20.7 Å². The largest absolute Gasteiger partial charge is 0.510 e. The van der Waals surface area contributed by atoms with Crippen molar-refractivity contribution in [3.05, 3.63) is 12.2 Å². The Morgan fingerprint density at radius 2 is 2.33 bits per heavy atom. The molecule has 144 valence electrons. The van der Waals surface area contributed by atoms with Crippen molar-refractivity contribution < 1.29 is 37.9 Å². The van der Waals surface area contributed by atoms with Crippen LogP contribution in [0.15, 0.2) is 6.33 Å². The van der Waals surface area contributed by atoms with Crippen molar-refractivity contribution in [2.45, 2.75) is 24.4 Å². The first-order chi connectivity index (χ1) is 12.6. The summed E-state index contributed by atoms with van der Waals surface area (Å²) in [7, 11) is -5.35. The molecule has 0 bridgehead atoms. The van der Waals surface area contributed by atoms with E-state index in [9.17, 15) is 18.7 Å². The number of aliphatic hydroxyl groups is 1. The first-order valence-corrected chi connectivity index (χ1v) is 8.77. The standard InChI is InChI=1S/C13H13FN5O7P/c1-2-13(4-25-27(14,23)24)6(20)3-7(26-13)19-5-16-8-9(15)17-10(12(21)22)18-11(8)19/h1,5-7,20H,3-4H2,(H,21,22)(H,23,24)(H2,15,17,18)/t6-,7+,13+/m0/s1. The Labute approximate surface area is 150 Å². The lowest BCUT2D eigenvalue weighted by molar-refractivity contribution is -0.0866. The van der Waals surface area contributed by atoms with Gasteiger partial charge in [-0.15, -0.1) is 10.6 Å². The molecule has 3 heterocycles. The first kappa shape index (κ1) is 19.2. The number of imidazole rings is 1. The number of halogens is 1. The van der Waals surface area contributed by atoms with E-state index in [4.69, 9.17) is 26.9 Å². The predicted octanol–water partition coefficient (Wildman–Crippen LogP) is -0.155. The minimum atomic E-state index is -5.35. The molecule has 1 saturated heterocycles. The minimum absolute atomic E-state index is 0.00385. The molecular formula is C13H13FN5O7P. The molecule has 1 fully saturated rings. The van der Waals surface area contributed by atoms with E-state index in [0.717, 1.165) is 0 Å². The molecule has 0 amide bonds. The summed E-state index contributed by atoms with van der Waals surface area (Å²) >= 11 is 0. The van der Waals surface area contributed by atoms with Gasteiger partial charge in [0.15, 0.2) is 17.1 Å². The number of aromatic nitrogens is 4. The maximum Gasteiger partial charge on any atom is 0.510 e. The molecule has 2 aromatic heterocycles. The maximum absolute atomic E-state index is 12.8. The average Bonchev–Trinajstić information content (AvgIpc) is 3.14. The highest BCUT2D eigenvalue weighted by molar-refractivity contribution is 7.46. The van der Waals surface area contributed by atoms with Crippen LogP contribution in [0.1, 0.15) is 23.3 Å². The van der Waals surface area contributed by atoms with Crippen molar-refractivity contribution in [3.8, 4) is 12.3 Å². The van der Waals surface area contributed by atoms with Crippen LogP contribution in [0.2, 0.25) is 0 Å². The Morgan fingerprint density at radius 3 is 2.93 bits per heavy atom. The molecule has 3 rings (SSSR count). The maximum atomic E-state index is 12.8. The fourth-order valence-electron chi connectivity index (χ4n) is 2.64. The molecule has 1 unspecified atom stereocenters. The van der Waals surface area contributed by atoms with Gasteiger partial charge in [-0.25, -0.2) is 24.3 Å². The van der Waals surface area contributed by atoms with Gasteiger partial charge in [0, 0.05) is 6.42 Å². The second-order valence-corrected chi connectivity index (χ2v) is 6.81. The summed E-state index contributed by atoms with van der Waals surface area (Å²) in [5.41, 5.74) is 3.86. The zero-order valence-corrected chi connectivity index (χ0v) is 14.3. The summed E-state index contributed by atoms with van der Waals surface area (Å²) < 4.78 is 34.5. The number of hydrogen-bond donors (Lipinski definition) is 4. The van der Waals surface area contributed by atoms with Crippen molar-refractivity contribution in [3.63, 3.8) is 0 Å². The lowest BCUT2D eigenvalue weighted by Crippen LogP contribution is -2.42. The molecule has 1 aliphatic rings. The molecule has 2 aromatic rings. The summed E-state index contributed by atoms with van der Waals surface area (Å²) in [6.45, 7) is -0.893. The van der Waals surface area contributed by atoms with Gasteiger partial charge in [0.2, 0.25) is 5.82 Å². The predicted molar refractivity (Wildman–Crippen MR) is 85.9 cm³/mol. The van der Waals surface area contributed by atoms with Crippen LogP contribution in [0.3, 0.4) is 0 Å². The third-order valence-corrected chi connectivity index (χ3v) is 4.39. The van der Waals surface area contributed by atoms with Crippen molar-refractivity contribution in [1.82, 2.24) is 19.5 Å². The van der Waals surface area contributed by atoms with Crippen LogP contribution >= 0.6 is 7.91 Å². The number of carboxylic acids is 1. The van der Waals surface area contributed by atoms with Crippen molar-refractivity contribution in [1.29, 1.82) is 0 Å². The highest BCUT2D eigenvalue weighted by Gasteiger charge is 2.49. The van der Waals surface area contributed by atoms with E-state index >= 15 is 0 Å². The van der Waals surface area contributed by atoms with E-state index < -0.39 is 44.2 Å². The fourth-order valence-corrected chi connectivity index (χ4v) is 2.99. The molecular weight excluding hydrogens is 388 g/mol. The smallest absolute Gasteiger partial charge is 0.475 e. The Hall–Kier alpha value is -2.62. The third kappa shape index (κ3) is 3.48. The third-order valence-electron chi connectivity index (χ3n) is 3.94. The Bertz CT molecular complexity index is 1000. The second-order valence-electron chi connectivity index (χ2n) is 5.64. The monoisotopic (exact) mass is 401 g/mol. The second kappa shape index (κ2) is 6.52. The number of rotatable bonds is 5. The minimum Gasteiger partial charge on any atom is -0.475 e. The van der Waals surface area contributed by atoms with E-state index in [2.05, 4.69) is 25.4 Å². The zero-order chi connectivity index (χ0) is 20.0. The van der Waals surface area contributed by atoms with Crippen LogP contribution in [0.5, 0.6) is 0 Å². The number of nitrogens with zero attached hydrogens (tertiary/aromatic N) is 4. The van der Waals surface area contributed by atoms with E-state index in [1.165, 1.54) is 10.9 Å². The number of nitrogens with two attached hydrogens (primary N) is 1. The molecule has 4 atom stereocenters. The van der Waals surface area contributed by atoms with Crippen LogP contribution in [0.4, 0.5) is 10.0 Å². The Balaban J connectivity index is 1.97. The van der Waals surface area contributed by atoms with Gasteiger partial charge in [0.05, 0.1) is 6.33 Å². The average molecular weight is 401 g/mol. The van der Waals surface area contributed by atoms with Crippen LogP contribution < -0.4 is 5.73 Å². The number of aliphatic hydroxyl groups excluding tert-OH is 1. The van der Waals surface area contributed by atoms with Crippen LogP contribution in [0.25, 0.3) is 11.2 Å². The molecule has 0 radical (unpaired) electrons. The molecule has 0 saturated carbocycles. The first-order valence-electron chi connectivity index (χ1n) is 7.30. The van der Waals surface area contributed by atoms with Gasteiger partial charge in [-0.3, -0.25) is 14.0 Å². The highest BCUT2D eigenvalue weighted by Crippen LogP contribution is 2.46. The van der Waals surface area contributed by atoms with Crippen LogP contribution in [0, 0.1) is 12.3 Å². The van der Waals surface area contributed by atoms with E-state index in [1.807, 2.05) is 0 Å². The number of ether oxygens (including phenoxy) is 1. The van der Waals surface area contributed by atoms with Gasteiger partial charge in [-0.1, -0.05) is 5.92 Å². The number of fused-ring (bicyclic) bond motifs is 1. The Morgan fingerprint density at radius 1 is 1.63 bits per heavy atom. The number of aromatic carboxylic acids is 1. The molecule has 27 heavy (non-hydrogen) atoms. The highest BCUT2D eigenvalue weighted by atomic mass is 31.2. The van der Waals surface area contributed by atoms with Crippen molar-refractivity contribution in [2.75, 3.05) is 12.3 Å². The summed E-state index contributed by atoms with van der Waals surface area (Å²) in [4.78, 5) is 31.2. The molecule has 0 spiro atoms. The molecule has 5 N–H and O–H groups in total. The topological polar surface area (TPSA) is 183 Å². The summed E-state index contributed by atoms with van der Waals surface area (Å²) in [5.74, 6) is -0.0792. The molecule has 0 aromatic carbocycles. The normalized spacial score (nSPS) is 27.3. The molecule has 14 heteroatoms. The summed E-state index contributed by atoms with van der Waals surface area (Å²) in [6, 6.07) is 0.